The van der Waals surface area contributed by atoms with Gasteiger partial charge in [0.2, 0.25) is 0 Å². The summed E-state index contributed by atoms with van der Waals surface area (Å²) in [6.45, 7) is 14.1. The maximum Gasteiger partial charge on any atom is 0.335 e. The second-order valence-electron chi connectivity index (χ2n) is 8.47. The van der Waals surface area contributed by atoms with E-state index in [4.69, 9.17) is 0 Å². The zero-order valence-corrected chi connectivity index (χ0v) is 19.1. The summed E-state index contributed by atoms with van der Waals surface area (Å²) in [7, 11) is 0. The average molecular weight is 417 g/mol. The molecule has 0 spiro atoms. The molecule has 160 valence electrons. The molecule has 0 radical (unpaired) electrons. The maximum absolute atomic E-state index is 11.5. The number of hydrogen-bond acceptors (Lipinski definition) is 2. The van der Waals surface area contributed by atoms with Crippen LogP contribution in [0.4, 0.5) is 0 Å². The van der Waals surface area contributed by atoms with Crippen LogP contribution < -0.4 is 0 Å². The second-order valence-corrected chi connectivity index (χ2v) is 8.47. The smallest absolute Gasteiger partial charge is 0.335 e. The molecule has 31 heavy (non-hydrogen) atoms. The molecule has 0 aliphatic heterocycles. The SMILES string of the molecule is Cc1cc(C(=O)O)cc(C)c1-c1c(C)cc(C)c(-c2c(C)cc(C(=O)O)cc2C)c1C. The lowest BCUT2D eigenvalue weighted by Crippen LogP contribution is -2.04. The van der Waals surface area contributed by atoms with Gasteiger partial charge in [0.05, 0.1) is 11.1 Å². The van der Waals surface area contributed by atoms with Crippen molar-refractivity contribution in [3.8, 4) is 22.3 Å². The van der Waals surface area contributed by atoms with Crippen molar-refractivity contribution in [2.24, 2.45) is 0 Å². The molecule has 0 aliphatic carbocycles. The highest BCUT2D eigenvalue weighted by molar-refractivity contribution is 5.93. The van der Waals surface area contributed by atoms with Crippen LogP contribution in [0.3, 0.4) is 0 Å². The lowest BCUT2D eigenvalue weighted by Gasteiger charge is -2.23. The van der Waals surface area contributed by atoms with Crippen molar-refractivity contribution in [3.05, 3.63) is 80.4 Å². The zero-order chi connectivity index (χ0) is 23.2. The molecule has 0 amide bonds. The van der Waals surface area contributed by atoms with E-state index in [-0.39, 0.29) is 11.1 Å². The number of aryl methyl sites for hydroxylation is 6. The Morgan fingerprint density at radius 1 is 0.484 bits per heavy atom. The first-order valence-corrected chi connectivity index (χ1v) is 10.2. The number of aromatic carboxylic acids is 2. The largest absolute Gasteiger partial charge is 0.478 e. The summed E-state index contributed by atoms with van der Waals surface area (Å²) in [5.74, 6) is -1.86. The number of carboxylic acid groups (broad SMARTS) is 2. The molecule has 0 heterocycles. The number of carboxylic acids is 2. The van der Waals surface area contributed by atoms with Crippen LogP contribution in [-0.2, 0) is 0 Å². The van der Waals surface area contributed by atoms with E-state index >= 15 is 0 Å². The van der Waals surface area contributed by atoms with E-state index in [1.807, 2.05) is 27.7 Å². The Labute approximate surface area is 183 Å². The van der Waals surface area contributed by atoms with Crippen LogP contribution in [0.5, 0.6) is 0 Å². The van der Waals surface area contributed by atoms with E-state index < -0.39 is 11.9 Å². The summed E-state index contributed by atoms with van der Waals surface area (Å²) < 4.78 is 0. The minimum absolute atomic E-state index is 0.289. The summed E-state index contributed by atoms with van der Waals surface area (Å²) in [6, 6.07) is 9.05. The molecule has 3 aromatic carbocycles. The van der Waals surface area contributed by atoms with Crippen LogP contribution in [0.25, 0.3) is 22.3 Å². The Hall–Kier alpha value is -3.40. The van der Waals surface area contributed by atoms with Gasteiger partial charge in [0.15, 0.2) is 0 Å². The topological polar surface area (TPSA) is 74.6 Å². The molecule has 0 bridgehead atoms. The number of benzene rings is 3. The summed E-state index contributed by atoms with van der Waals surface area (Å²) in [4.78, 5) is 23.0. The molecule has 0 aliphatic rings. The Balaban J connectivity index is 2.37. The van der Waals surface area contributed by atoms with Crippen molar-refractivity contribution in [1.29, 1.82) is 0 Å². The van der Waals surface area contributed by atoms with Crippen LogP contribution in [0.15, 0.2) is 30.3 Å². The molecule has 0 aromatic heterocycles. The van der Waals surface area contributed by atoms with Crippen molar-refractivity contribution in [2.45, 2.75) is 48.5 Å². The molecule has 0 fully saturated rings. The third-order valence-corrected chi connectivity index (χ3v) is 6.03. The van der Waals surface area contributed by atoms with Gasteiger partial charge in [-0.3, -0.25) is 0 Å². The summed E-state index contributed by atoms with van der Waals surface area (Å²) in [5.41, 5.74) is 12.0. The fourth-order valence-corrected chi connectivity index (χ4v) is 4.92. The normalized spacial score (nSPS) is 10.9. The van der Waals surface area contributed by atoms with Crippen LogP contribution in [-0.4, -0.2) is 22.2 Å². The second kappa shape index (κ2) is 8.03. The van der Waals surface area contributed by atoms with E-state index in [2.05, 4.69) is 26.8 Å². The van der Waals surface area contributed by atoms with Crippen molar-refractivity contribution in [2.75, 3.05) is 0 Å². The highest BCUT2D eigenvalue weighted by atomic mass is 16.4. The van der Waals surface area contributed by atoms with Crippen LogP contribution in [0, 0.1) is 48.5 Å². The van der Waals surface area contributed by atoms with E-state index in [0.717, 1.165) is 61.2 Å². The molecular formula is C27H28O4. The van der Waals surface area contributed by atoms with Gasteiger partial charge >= 0.3 is 11.9 Å². The van der Waals surface area contributed by atoms with Gasteiger partial charge in [0, 0.05) is 0 Å². The minimum Gasteiger partial charge on any atom is -0.478 e. The molecule has 0 atom stereocenters. The molecule has 3 rings (SSSR count). The van der Waals surface area contributed by atoms with Crippen molar-refractivity contribution < 1.29 is 19.8 Å². The minimum atomic E-state index is -0.930. The highest BCUT2D eigenvalue weighted by Gasteiger charge is 2.21. The van der Waals surface area contributed by atoms with E-state index in [0.29, 0.717) is 0 Å². The molecule has 4 heteroatoms. The molecule has 4 nitrogen and oxygen atoms in total. The van der Waals surface area contributed by atoms with Crippen molar-refractivity contribution in [3.63, 3.8) is 0 Å². The van der Waals surface area contributed by atoms with Crippen molar-refractivity contribution in [1.82, 2.24) is 0 Å². The monoisotopic (exact) mass is 416 g/mol. The first-order valence-electron chi connectivity index (χ1n) is 10.2. The Kier molecular flexibility index (Phi) is 5.77. The fourth-order valence-electron chi connectivity index (χ4n) is 4.92. The average Bonchev–Trinajstić information content (AvgIpc) is 2.65. The standard InChI is InChI=1S/C27H28O4/c1-13-8-14(2)25(23-17(5)11-21(27(30)31)12-18(23)6)19(7)24(13)22-15(3)9-20(26(28)29)10-16(22)4/h8-12H,1-7H3,(H,28,29)(H,30,31). The van der Waals surface area contributed by atoms with Crippen LogP contribution >= 0.6 is 0 Å². The van der Waals surface area contributed by atoms with E-state index in [1.165, 1.54) is 0 Å². The summed E-state index contributed by atoms with van der Waals surface area (Å²) >= 11 is 0. The van der Waals surface area contributed by atoms with Gasteiger partial charge in [0.1, 0.15) is 0 Å². The predicted octanol–water partition coefficient (Wildman–Crippen LogP) is 6.58. The van der Waals surface area contributed by atoms with Gasteiger partial charge in [-0.2, -0.15) is 0 Å². The highest BCUT2D eigenvalue weighted by Crippen LogP contribution is 2.42. The molecule has 0 unspecified atom stereocenters. The van der Waals surface area contributed by atoms with E-state index in [9.17, 15) is 19.8 Å². The number of hydrogen-bond donors (Lipinski definition) is 2. The zero-order valence-electron chi connectivity index (χ0n) is 19.1. The lowest BCUT2D eigenvalue weighted by atomic mass is 9.81. The molecule has 3 aromatic rings. The third-order valence-electron chi connectivity index (χ3n) is 6.03. The Morgan fingerprint density at radius 3 is 1.00 bits per heavy atom. The Bertz CT molecular complexity index is 1110. The van der Waals surface area contributed by atoms with E-state index in [1.54, 1.807) is 24.3 Å². The number of carbonyl (C=O) groups is 2. The van der Waals surface area contributed by atoms with Gasteiger partial charge < -0.3 is 10.2 Å². The Morgan fingerprint density at radius 2 is 0.742 bits per heavy atom. The van der Waals surface area contributed by atoms with Crippen LogP contribution in [0.2, 0.25) is 0 Å². The molecular weight excluding hydrogens is 388 g/mol. The molecule has 2 N–H and O–H groups in total. The quantitative estimate of drug-likeness (QED) is 0.504. The van der Waals surface area contributed by atoms with Crippen molar-refractivity contribution >= 4 is 11.9 Å². The van der Waals surface area contributed by atoms with Gasteiger partial charge in [-0.25, -0.2) is 9.59 Å². The first kappa shape index (κ1) is 22.3. The predicted molar refractivity (Wildman–Crippen MR) is 124 cm³/mol. The summed E-state index contributed by atoms with van der Waals surface area (Å²) in [6.07, 6.45) is 0. The molecule has 0 saturated carbocycles. The van der Waals surface area contributed by atoms with Gasteiger partial charge in [0.25, 0.3) is 0 Å². The fraction of sp³-hybridized carbons (Fsp3) is 0.259. The number of rotatable bonds is 4. The first-order chi connectivity index (χ1) is 14.4. The maximum atomic E-state index is 11.5. The molecule has 0 saturated heterocycles. The lowest BCUT2D eigenvalue weighted by molar-refractivity contribution is 0.0686. The van der Waals surface area contributed by atoms with Gasteiger partial charge in [-0.05, 0) is 134 Å². The van der Waals surface area contributed by atoms with Gasteiger partial charge in [-0.15, -0.1) is 0 Å². The van der Waals surface area contributed by atoms with Gasteiger partial charge in [-0.1, -0.05) is 6.07 Å². The third kappa shape index (κ3) is 3.86. The van der Waals surface area contributed by atoms with Crippen LogP contribution in [0.1, 0.15) is 59.7 Å². The summed E-state index contributed by atoms with van der Waals surface area (Å²) in [5, 5.41) is 18.8.